The molecule has 1 aliphatic carbocycles. The van der Waals surface area contributed by atoms with E-state index < -0.39 is 31.7 Å². The molecule has 2 aliphatic heterocycles. The summed E-state index contributed by atoms with van der Waals surface area (Å²) in [5, 5.41) is 25.0. The van der Waals surface area contributed by atoms with Crippen LogP contribution in [0.2, 0.25) is 25.7 Å². The second-order valence-corrected chi connectivity index (χ2v) is 21.2. The standard InChI is InChI=1S/C35H45F3N10O3Si/c1-52(2,3)13-12-50-23-47-11-6-29-31(40-22-41-32(29)47)24-17-42-48(18-24)34(7-8-39)15-26(16-34)46-9-4-28(5-10-46)51-30-14-25(19-45-20-27(49)21-45)43-33(44-30)35(36,37)38/h6,11,14,17-18,22,26-28,49H,4-5,7,9-10,12-13,15-16,19-21,23H2,1-3H3. The van der Waals surface area contributed by atoms with Gasteiger partial charge in [0, 0.05) is 82.9 Å². The highest BCUT2D eigenvalue weighted by atomic mass is 28.3. The molecule has 1 saturated carbocycles. The Kier molecular flexibility index (Phi) is 10.1. The molecule has 13 nitrogen and oxygen atoms in total. The fourth-order valence-electron chi connectivity index (χ4n) is 7.39. The second-order valence-electron chi connectivity index (χ2n) is 15.6. The number of nitriles is 1. The summed E-state index contributed by atoms with van der Waals surface area (Å²) in [7, 11) is -1.18. The van der Waals surface area contributed by atoms with Crippen molar-refractivity contribution in [1.29, 1.82) is 5.26 Å². The summed E-state index contributed by atoms with van der Waals surface area (Å²) in [4.78, 5) is 20.7. The SMILES string of the molecule is C[Si](C)(C)CCOCn1ccc2c(-c3cnn(C4(CC#N)CC(N5CCC(Oc6cc(CN7CC(O)C7)nc(C(F)(F)F)n6)CC5)C4)c3)ncnc21. The van der Waals surface area contributed by atoms with Crippen LogP contribution >= 0.6 is 0 Å². The Hall–Kier alpha value is -3.95. The van der Waals surface area contributed by atoms with E-state index in [-0.39, 0.29) is 30.3 Å². The molecule has 3 aliphatic rings. The number of hydrogen-bond acceptors (Lipinski definition) is 11. The molecule has 3 fully saturated rings. The van der Waals surface area contributed by atoms with Crippen LogP contribution in [0.5, 0.6) is 5.88 Å². The largest absolute Gasteiger partial charge is 0.474 e. The summed E-state index contributed by atoms with van der Waals surface area (Å²) in [6.45, 7) is 10.5. The van der Waals surface area contributed by atoms with E-state index in [1.165, 1.54) is 6.07 Å². The van der Waals surface area contributed by atoms with Crippen LogP contribution in [-0.4, -0.2) is 108 Å². The van der Waals surface area contributed by atoms with Gasteiger partial charge in [0.2, 0.25) is 11.7 Å². The molecule has 17 heteroatoms. The zero-order chi connectivity index (χ0) is 36.7. The number of aromatic nitrogens is 7. The highest BCUT2D eigenvalue weighted by Gasteiger charge is 2.49. The molecule has 0 bridgehead atoms. The van der Waals surface area contributed by atoms with E-state index >= 15 is 0 Å². The van der Waals surface area contributed by atoms with E-state index in [2.05, 4.69) is 50.5 Å². The zero-order valence-corrected chi connectivity index (χ0v) is 30.8. The Labute approximate surface area is 301 Å². The summed E-state index contributed by atoms with van der Waals surface area (Å²) in [5.41, 5.74) is 2.20. The van der Waals surface area contributed by atoms with Gasteiger partial charge in [0.1, 0.15) is 24.8 Å². The van der Waals surface area contributed by atoms with Crippen molar-refractivity contribution in [2.75, 3.05) is 32.8 Å². The first kappa shape index (κ1) is 36.4. The number of β-amino-alcohol motifs (C(OH)–C–C–N with tert-alkyl or cyclic N) is 1. The van der Waals surface area contributed by atoms with Gasteiger partial charge in [-0.25, -0.2) is 15.0 Å². The number of likely N-dealkylation sites (tertiary alicyclic amines) is 2. The van der Waals surface area contributed by atoms with Crippen molar-refractivity contribution >= 4 is 19.1 Å². The molecule has 278 valence electrons. The number of nitrogens with zero attached hydrogens (tertiary/aromatic N) is 10. The van der Waals surface area contributed by atoms with E-state index in [0.29, 0.717) is 39.1 Å². The minimum absolute atomic E-state index is 0.0775. The third kappa shape index (κ3) is 8.00. The fraction of sp³-hybridized carbons (Fsp3) is 0.600. The van der Waals surface area contributed by atoms with Crippen LogP contribution in [0.4, 0.5) is 13.2 Å². The Morgan fingerprint density at radius 2 is 1.88 bits per heavy atom. The normalized spacial score (nSPS) is 22.3. The van der Waals surface area contributed by atoms with Gasteiger partial charge in [0.15, 0.2) is 0 Å². The fourth-order valence-corrected chi connectivity index (χ4v) is 8.15. The van der Waals surface area contributed by atoms with Crippen LogP contribution in [0.25, 0.3) is 22.3 Å². The van der Waals surface area contributed by atoms with Crippen LogP contribution in [0.15, 0.2) is 37.1 Å². The predicted octanol–water partition coefficient (Wildman–Crippen LogP) is 4.91. The van der Waals surface area contributed by atoms with Gasteiger partial charge < -0.3 is 19.1 Å². The van der Waals surface area contributed by atoms with Gasteiger partial charge in [0.25, 0.3) is 0 Å². The van der Waals surface area contributed by atoms with Crippen molar-refractivity contribution in [1.82, 2.24) is 44.1 Å². The highest BCUT2D eigenvalue weighted by molar-refractivity contribution is 6.76. The average Bonchev–Trinajstić information content (AvgIpc) is 3.72. The molecule has 0 atom stereocenters. The lowest BCUT2D eigenvalue weighted by Gasteiger charge is -2.52. The topological polar surface area (TPSA) is 143 Å². The van der Waals surface area contributed by atoms with Crippen molar-refractivity contribution in [2.24, 2.45) is 0 Å². The lowest BCUT2D eigenvalue weighted by Crippen LogP contribution is -2.58. The molecule has 7 rings (SSSR count). The smallest absolute Gasteiger partial charge is 0.451 e. The molecular formula is C35H45F3N10O3Si. The molecule has 52 heavy (non-hydrogen) atoms. The summed E-state index contributed by atoms with van der Waals surface area (Å²) in [6.07, 6.45) is 4.98. The van der Waals surface area contributed by atoms with Crippen LogP contribution in [-0.2, 0) is 29.7 Å². The number of fused-ring (bicyclic) bond motifs is 1. The minimum Gasteiger partial charge on any atom is -0.474 e. The molecule has 1 N–H and O–H groups in total. The lowest BCUT2D eigenvalue weighted by atomic mass is 9.69. The average molecular weight is 739 g/mol. The molecule has 0 amide bonds. The number of piperidine rings is 1. The molecule has 0 spiro atoms. The van der Waals surface area contributed by atoms with Gasteiger partial charge in [-0.3, -0.25) is 14.5 Å². The third-order valence-corrected chi connectivity index (χ3v) is 12.1. The maximum absolute atomic E-state index is 13.6. The van der Waals surface area contributed by atoms with Crippen molar-refractivity contribution in [2.45, 2.75) is 101 Å². The second kappa shape index (κ2) is 14.5. The van der Waals surface area contributed by atoms with Gasteiger partial charge in [-0.15, -0.1) is 0 Å². The Bertz CT molecular complexity index is 1900. The van der Waals surface area contributed by atoms with E-state index in [4.69, 9.17) is 14.6 Å². The number of rotatable bonds is 13. The van der Waals surface area contributed by atoms with Crippen LogP contribution < -0.4 is 4.74 Å². The van der Waals surface area contributed by atoms with Crippen LogP contribution in [0.3, 0.4) is 0 Å². The molecular weight excluding hydrogens is 694 g/mol. The first-order valence-corrected chi connectivity index (χ1v) is 21.6. The van der Waals surface area contributed by atoms with E-state index in [0.717, 1.165) is 60.9 Å². The number of ether oxygens (including phenoxy) is 2. The molecule has 0 radical (unpaired) electrons. The van der Waals surface area contributed by atoms with Gasteiger partial charge in [-0.1, -0.05) is 19.6 Å². The predicted molar refractivity (Wildman–Crippen MR) is 188 cm³/mol. The van der Waals surface area contributed by atoms with Crippen molar-refractivity contribution in [3.63, 3.8) is 0 Å². The molecule has 2 saturated heterocycles. The molecule has 4 aromatic heterocycles. The summed E-state index contributed by atoms with van der Waals surface area (Å²) >= 11 is 0. The zero-order valence-electron chi connectivity index (χ0n) is 29.8. The van der Waals surface area contributed by atoms with E-state index in [1.807, 2.05) is 32.6 Å². The first-order chi connectivity index (χ1) is 24.8. The van der Waals surface area contributed by atoms with Crippen LogP contribution in [0, 0.1) is 11.3 Å². The summed E-state index contributed by atoms with van der Waals surface area (Å²) in [5.74, 6) is -1.30. The Balaban J connectivity index is 0.964. The molecule has 6 heterocycles. The van der Waals surface area contributed by atoms with E-state index in [1.54, 1.807) is 12.5 Å². The van der Waals surface area contributed by atoms with Gasteiger partial charge in [-0.05, 0) is 37.8 Å². The first-order valence-electron chi connectivity index (χ1n) is 17.8. The Morgan fingerprint density at radius 1 is 1.12 bits per heavy atom. The van der Waals surface area contributed by atoms with Crippen molar-refractivity contribution in [3.8, 4) is 23.2 Å². The van der Waals surface area contributed by atoms with E-state index in [9.17, 15) is 23.5 Å². The quantitative estimate of drug-likeness (QED) is 0.148. The summed E-state index contributed by atoms with van der Waals surface area (Å²) < 4.78 is 56.7. The highest BCUT2D eigenvalue weighted by Crippen LogP contribution is 2.46. The number of hydrogen-bond donors (Lipinski definition) is 1. The van der Waals surface area contributed by atoms with Crippen LogP contribution in [0.1, 0.15) is 43.6 Å². The van der Waals surface area contributed by atoms with Crippen molar-refractivity contribution in [3.05, 3.63) is 48.6 Å². The monoisotopic (exact) mass is 738 g/mol. The number of aliphatic hydroxyl groups excluding tert-OH is 1. The Morgan fingerprint density at radius 3 is 2.58 bits per heavy atom. The number of halogens is 3. The lowest BCUT2D eigenvalue weighted by molar-refractivity contribution is -0.145. The molecule has 0 aromatic carbocycles. The van der Waals surface area contributed by atoms with Gasteiger partial charge in [-0.2, -0.15) is 28.5 Å². The van der Waals surface area contributed by atoms with Gasteiger partial charge in [0.05, 0.1) is 41.7 Å². The minimum atomic E-state index is -4.70. The van der Waals surface area contributed by atoms with Crippen molar-refractivity contribution < 1.29 is 27.8 Å². The summed E-state index contributed by atoms with van der Waals surface area (Å²) in [6, 6.07) is 7.19. The van der Waals surface area contributed by atoms with Gasteiger partial charge >= 0.3 is 6.18 Å². The maximum Gasteiger partial charge on any atom is 0.451 e. The third-order valence-electron chi connectivity index (χ3n) is 10.4. The number of alkyl halides is 3. The molecule has 0 unspecified atom stereocenters. The molecule has 4 aromatic rings. The number of aliphatic hydroxyl groups is 1. The maximum atomic E-state index is 13.6.